The van der Waals surface area contributed by atoms with Crippen LogP contribution in [0.15, 0.2) is 4.99 Å². The Bertz CT molecular complexity index is 403. The molecule has 3 rings (SSSR count). The number of likely N-dealkylation sites (tertiary alicyclic amines) is 1. The van der Waals surface area contributed by atoms with Crippen LogP contribution in [0.5, 0.6) is 0 Å². The van der Waals surface area contributed by atoms with Crippen LogP contribution in [-0.2, 0) is 4.74 Å². The van der Waals surface area contributed by atoms with Crippen molar-refractivity contribution < 1.29 is 4.74 Å². The van der Waals surface area contributed by atoms with Crippen LogP contribution >= 0.6 is 24.0 Å². The number of nitrogens with zero attached hydrogens (tertiary/aromatic N) is 3. The molecular weight excluding hydrogens is 403 g/mol. The van der Waals surface area contributed by atoms with Crippen LogP contribution in [0, 0.1) is 5.41 Å². The summed E-state index contributed by atoms with van der Waals surface area (Å²) in [6.45, 7) is 10.8. The van der Waals surface area contributed by atoms with Crippen LogP contribution in [0.4, 0.5) is 0 Å². The first-order valence-corrected chi connectivity index (χ1v) is 8.93. The summed E-state index contributed by atoms with van der Waals surface area (Å²) in [5.74, 6) is 1.07. The van der Waals surface area contributed by atoms with Crippen LogP contribution < -0.4 is 5.32 Å². The van der Waals surface area contributed by atoms with E-state index >= 15 is 0 Å². The van der Waals surface area contributed by atoms with Crippen LogP contribution in [-0.4, -0.2) is 74.3 Å². The quantitative estimate of drug-likeness (QED) is 0.408. The molecule has 2 heterocycles. The Morgan fingerprint density at radius 1 is 1.39 bits per heavy atom. The molecule has 0 radical (unpaired) electrons. The molecule has 3 aliphatic rings. The summed E-state index contributed by atoms with van der Waals surface area (Å²) in [6, 6.07) is 1.47. The molecule has 0 aromatic rings. The summed E-state index contributed by atoms with van der Waals surface area (Å²) in [7, 11) is 1.90. The van der Waals surface area contributed by atoms with E-state index < -0.39 is 0 Å². The topological polar surface area (TPSA) is 40.1 Å². The number of hydrogen-bond donors (Lipinski definition) is 1. The van der Waals surface area contributed by atoms with Gasteiger partial charge in [-0.1, -0.05) is 0 Å². The molecule has 6 heteroatoms. The average Bonchev–Trinajstić information content (AvgIpc) is 3.09. The highest BCUT2D eigenvalue weighted by Crippen LogP contribution is 2.38. The van der Waals surface area contributed by atoms with Crippen molar-refractivity contribution in [2.75, 3.05) is 46.4 Å². The predicted octanol–water partition coefficient (Wildman–Crippen LogP) is 2.16. The highest BCUT2D eigenvalue weighted by Gasteiger charge is 2.42. The third kappa shape index (κ3) is 4.72. The first-order chi connectivity index (χ1) is 10.6. The van der Waals surface area contributed by atoms with Gasteiger partial charge in [-0.05, 0) is 39.5 Å². The van der Waals surface area contributed by atoms with Crippen molar-refractivity contribution in [2.24, 2.45) is 10.4 Å². The fourth-order valence-electron chi connectivity index (χ4n) is 3.98. The fraction of sp³-hybridized carbons (Fsp3) is 0.941. The lowest BCUT2D eigenvalue weighted by atomic mass is 9.87. The fourth-order valence-corrected chi connectivity index (χ4v) is 3.98. The molecule has 1 unspecified atom stereocenters. The minimum absolute atomic E-state index is 0. The number of halogens is 1. The number of nitrogens with one attached hydrogen (secondary N) is 1. The van der Waals surface area contributed by atoms with Gasteiger partial charge in [-0.25, -0.2) is 0 Å². The van der Waals surface area contributed by atoms with Gasteiger partial charge in [-0.3, -0.25) is 9.89 Å². The van der Waals surface area contributed by atoms with Crippen LogP contribution in [0.3, 0.4) is 0 Å². The van der Waals surface area contributed by atoms with Gasteiger partial charge >= 0.3 is 0 Å². The van der Waals surface area contributed by atoms with E-state index in [-0.39, 0.29) is 24.0 Å². The van der Waals surface area contributed by atoms with Gasteiger partial charge in [0.05, 0.1) is 6.61 Å². The van der Waals surface area contributed by atoms with Crippen molar-refractivity contribution in [1.29, 1.82) is 0 Å². The molecule has 1 saturated carbocycles. The summed E-state index contributed by atoms with van der Waals surface area (Å²) >= 11 is 0. The third-order valence-corrected chi connectivity index (χ3v) is 5.47. The number of hydrogen-bond acceptors (Lipinski definition) is 3. The van der Waals surface area contributed by atoms with Crippen molar-refractivity contribution in [3.63, 3.8) is 0 Å². The number of guanidine groups is 1. The summed E-state index contributed by atoms with van der Waals surface area (Å²) < 4.78 is 5.62. The Kier molecular flexibility index (Phi) is 6.98. The van der Waals surface area contributed by atoms with Crippen molar-refractivity contribution in [2.45, 2.75) is 51.6 Å². The lowest BCUT2D eigenvalue weighted by molar-refractivity contribution is 0.156. The standard InChI is InChI=1S/C17H32N4O.HI/c1-14(2)21(15-4-5-15)10-8-19-16(18-3)20-9-6-17(12-20)7-11-22-13-17;/h14-15H,4-13H2,1-3H3,(H,18,19);1H. The van der Waals surface area contributed by atoms with Gasteiger partial charge in [-0.2, -0.15) is 0 Å². The molecule has 1 aliphatic carbocycles. The second-order valence-corrected chi connectivity index (χ2v) is 7.51. The summed E-state index contributed by atoms with van der Waals surface area (Å²) in [4.78, 5) is 9.54. The maximum atomic E-state index is 5.62. The zero-order chi connectivity index (χ0) is 15.6. The molecule has 0 aromatic heterocycles. The molecule has 1 atom stereocenters. The van der Waals surface area contributed by atoms with E-state index in [1.165, 1.54) is 25.7 Å². The van der Waals surface area contributed by atoms with Gasteiger partial charge in [0.1, 0.15) is 0 Å². The van der Waals surface area contributed by atoms with E-state index in [1.54, 1.807) is 0 Å². The van der Waals surface area contributed by atoms with Crippen molar-refractivity contribution in [3.8, 4) is 0 Å². The molecule has 23 heavy (non-hydrogen) atoms. The monoisotopic (exact) mass is 436 g/mol. The van der Waals surface area contributed by atoms with E-state index in [4.69, 9.17) is 4.74 Å². The van der Waals surface area contributed by atoms with E-state index in [2.05, 4.69) is 34.0 Å². The van der Waals surface area contributed by atoms with E-state index in [1.807, 2.05) is 7.05 Å². The predicted molar refractivity (Wildman–Crippen MR) is 106 cm³/mol. The molecule has 0 aromatic carbocycles. The lowest BCUT2D eigenvalue weighted by Crippen LogP contribution is -2.45. The van der Waals surface area contributed by atoms with Crippen molar-refractivity contribution in [1.82, 2.24) is 15.1 Å². The molecule has 2 aliphatic heterocycles. The second-order valence-electron chi connectivity index (χ2n) is 7.51. The molecule has 134 valence electrons. The smallest absolute Gasteiger partial charge is 0.193 e. The normalized spacial score (nSPS) is 28.0. The molecule has 2 saturated heterocycles. The van der Waals surface area contributed by atoms with Gasteiger partial charge in [0, 0.05) is 57.3 Å². The Morgan fingerprint density at radius 2 is 2.17 bits per heavy atom. The average molecular weight is 436 g/mol. The number of ether oxygens (including phenoxy) is 1. The van der Waals surface area contributed by atoms with E-state index in [0.717, 1.165) is 51.4 Å². The van der Waals surface area contributed by atoms with Crippen LogP contribution in [0.1, 0.15) is 39.5 Å². The molecule has 1 N–H and O–H groups in total. The maximum absolute atomic E-state index is 5.62. The Balaban J connectivity index is 0.00000192. The second kappa shape index (κ2) is 8.34. The minimum Gasteiger partial charge on any atom is -0.381 e. The van der Waals surface area contributed by atoms with Crippen LogP contribution in [0.2, 0.25) is 0 Å². The Labute approximate surface area is 158 Å². The van der Waals surface area contributed by atoms with Crippen molar-refractivity contribution in [3.05, 3.63) is 0 Å². The largest absolute Gasteiger partial charge is 0.381 e. The summed E-state index contributed by atoms with van der Waals surface area (Å²) in [5.41, 5.74) is 0.398. The van der Waals surface area contributed by atoms with Crippen LogP contribution in [0.25, 0.3) is 0 Å². The molecule has 0 bridgehead atoms. The van der Waals surface area contributed by atoms with Gasteiger partial charge < -0.3 is 15.0 Å². The first-order valence-electron chi connectivity index (χ1n) is 8.93. The van der Waals surface area contributed by atoms with Gasteiger partial charge in [0.25, 0.3) is 0 Å². The van der Waals surface area contributed by atoms with Gasteiger partial charge in [0.2, 0.25) is 0 Å². The Hall–Kier alpha value is -0.0800. The zero-order valence-corrected chi connectivity index (χ0v) is 17.2. The SMILES string of the molecule is CN=C(NCCN(C(C)C)C1CC1)N1CCC2(CCOC2)C1.I. The molecule has 1 spiro atoms. The zero-order valence-electron chi connectivity index (χ0n) is 14.9. The minimum atomic E-state index is 0. The molecule has 3 fully saturated rings. The van der Waals surface area contributed by atoms with E-state index in [0.29, 0.717) is 11.5 Å². The summed E-state index contributed by atoms with van der Waals surface area (Å²) in [6.07, 6.45) is 5.21. The highest BCUT2D eigenvalue weighted by atomic mass is 127. The highest BCUT2D eigenvalue weighted by molar-refractivity contribution is 14.0. The first kappa shape index (κ1) is 19.2. The summed E-state index contributed by atoms with van der Waals surface area (Å²) in [5, 5.41) is 3.58. The number of rotatable bonds is 5. The molecular formula is C17H33IN4O. The lowest BCUT2D eigenvalue weighted by Gasteiger charge is -2.28. The van der Waals surface area contributed by atoms with E-state index in [9.17, 15) is 0 Å². The third-order valence-electron chi connectivity index (χ3n) is 5.47. The number of aliphatic imine (C=N–C) groups is 1. The Morgan fingerprint density at radius 3 is 2.74 bits per heavy atom. The molecule has 5 nitrogen and oxygen atoms in total. The van der Waals surface area contributed by atoms with Gasteiger partial charge in [-0.15, -0.1) is 24.0 Å². The molecule has 0 amide bonds. The van der Waals surface area contributed by atoms with Gasteiger partial charge in [0.15, 0.2) is 5.96 Å². The maximum Gasteiger partial charge on any atom is 0.193 e. The van der Waals surface area contributed by atoms with Crippen molar-refractivity contribution >= 4 is 29.9 Å².